The fourth-order valence-corrected chi connectivity index (χ4v) is 1.13. The number of carboxylic acids is 1. The molecule has 0 heterocycles. The number of aromatic hydroxyl groups is 1. The minimum Gasteiger partial charge on any atom is -0.508 e. The van der Waals surface area contributed by atoms with Gasteiger partial charge in [-0.15, -0.1) is 0 Å². The average molecular weight is 262 g/mol. The zero-order chi connectivity index (χ0) is 14.7. The Balaban J connectivity index is 0.000000555. The van der Waals surface area contributed by atoms with Crippen LogP contribution in [0.3, 0.4) is 0 Å². The van der Waals surface area contributed by atoms with Crippen molar-refractivity contribution in [3.8, 4) is 11.8 Å². The highest BCUT2D eigenvalue weighted by Crippen LogP contribution is 2.12. The number of carboxylic acid groups (broad SMARTS) is 1. The third kappa shape index (κ3) is 7.58. The normalized spacial score (nSPS) is 10.1. The molecule has 0 bridgehead atoms. The Morgan fingerprint density at radius 2 is 1.84 bits per heavy atom. The van der Waals surface area contributed by atoms with Gasteiger partial charge in [0.15, 0.2) is 0 Å². The molecule has 1 rings (SSSR count). The van der Waals surface area contributed by atoms with E-state index in [0.717, 1.165) is 13.1 Å². The van der Waals surface area contributed by atoms with E-state index in [1.807, 2.05) is 0 Å². The maximum Gasteiger partial charge on any atom is 0.346 e. The summed E-state index contributed by atoms with van der Waals surface area (Å²) in [6.45, 7) is 6.39. The first-order valence-electron chi connectivity index (χ1n) is 5.89. The molecule has 5 heteroatoms. The van der Waals surface area contributed by atoms with Crippen molar-refractivity contribution in [2.24, 2.45) is 0 Å². The number of phenols is 1. The number of nitrogens with one attached hydrogen (secondary N) is 1. The summed E-state index contributed by atoms with van der Waals surface area (Å²) >= 11 is 0. The molecule has 0 aromatic heterocycles. The Bertz CT molecular complexity index is 457. The molecule has 5 nitrogen and oxygen atoms in total. The second-order valence-electron chi connectivity index (χ2n) is 3.52. The van der Waals surface area contributed by atoms with Gasteiger partial charge in [0.25, 0.3) is 0 Å². The van der Waals surface area contributed by atoms with E-state index >= 15 is 0 Å². The summed E-state index contributed by atoms with van der Waals surface area (Å²) < 4.78 is 0. The second-order valence-corrected chi connectivity index (χ2v) is 3.52. The molecule has 0 saturated heterocycles. The van der Waals surface area contributed by atoms with E-state index < -0.39 is 5.97 Å². The van der Waals surface area contributed by atoms with Gasteiger partial charge < -0.3 is 15.5 Å². The van der Waals surface area contributed by atoms with Crippen LogP contribution < -0.4 is 5.32 Å². The second kappa shape index (κ2) is 9.68. The molecule has 102 valence electrons. The first-order valence-corrected chi connectivity index (χ1v) is 5.89. The quantitative estimate of drug-likeness (QED) is 0.570. The summed E-state index contributed by atoms with van der Waals surface area (Å²) in [6.07, 6.45) is 1.24. The zero-order valence-corrected chi connectivity index (χ0v) is 11.1. The van der Waals surface area contributed by atoms with Gasteiger partial charge in [-0.1, -0.05) is 26.0 Å². The number of aliphatic carboxylic acids is 1. The van der Waals surface area contributed by atoms with Crippen molar-refractivity contribution < 1.29 is 15.0 Å². The van der Waals surface area contributed by atoms with Crippen molar-refractivity contribution in [1.82, 2.24) is 5.32 Å². The van der Waals surface area contributed by atoms with Crippen LogP contribution >= 0.6 is 0 Å². The van der Waals surface area contributed by atoms with E-state index in [9.17, 15) is 4.79 Å². The Morgan fingerprint density at radius 1 is 1.32 bits per heavy atom. The van der Waals surface area contributed by atoms with Gasteiger partial charge in [0.05, 0.1) is 0 Å². The molecule has 1 aromatic rings. The molecular formula is C14H18N2O3. The number of hydrogen-bond acceptors (Lipinski definition) is 4. The van der Waals surface area contributed by atoms with Crippen molar-refractivity contribution >= 4 is 12.0 Å². The van der Waals surface area contributed by atoms with E-state index in [4.69, 9.17) is 15.5 Å². The van der Waals surface area contributed by atoms with Crippen LogP contribution in [-0.2, 0) is 4.79 Å². The molecule has 0 radical (unpaired) electrons. The first kappa shape index (κ1) is 16.7. The molecule has 0 amide bonds. The summed E-state index contributed by atoms with van der Waals surface area (Å²) in [5.74, 6) is -1.17. The topological polar surface area (TPSA) is 93.4 Å². The van der Waals surface area contributed by atoms with Crippen LogP contribution in [0.4, 0.5) is 0 Å². The molecule has 0 unspecified atom stereocenters. The van der Waals surface area contributed by atoms with Gasteiger partial charge in [0, 0.05) is 0 Å². The molecule has 0 atom stereocenters. The third-order valence-corrected chi connectivity index (χ3v) is 2.05. The molecule has 0 aliphatic heterocycles. The van der Waals surface area contributed by atoms with Gasteiger partial charge >= 0.3 is 5.97 Å². The van der Waals surface area contributed by atoms with Crippen molar-refractivity contribution in [2.45, 2.75) is 13.8 Å². The summed E-state index contributed by atoms with van der Waals surface area (Å²) in [7, 11) is 0. The number of hydrogen-bond donors (Lipinski definition) is 3. The maximum atomic E-state index is 10.5. The van der Waals surface area contributed by atoms with Gasteiger partial charge in [-0.05, 0) is 36.9 Å². The highest BCUT2D eigenvalue weighted by atomic mass is 16.4. The number of nitrogens with zero attached hydrogens (tertiary/aromatic N) is 1. The standard InChI is InChI=1S/C10H7NO3.C4H11N/c11-6-8(10(13)14)5-7-1-3-9(12)4-2-7;1-3-5-4-2/h1-5,12H,(H,13,14);5H,3-4H2,1-2H3. The maximum absolute atomic E-state index is 10.5. The van der Waals surface area contributed by atoms with Gasteiger partial charge in [-0.3, -0.25) is 0 Å². The van der Waals surface area contributed by atoms with Gasteiger partial charge in [-0.25, -0.2) is 4.79 Å². The van der Waals surface area contributed by atoms with Gasteiger partial charge in [0.1, 0.15) is 17.4 Å². The summed E-state index contributed by atoms with van der Waals surface area (Å²) in [6, 6.07) is 7.45. The van der Waals surface area contributed by atoms with E-state index in [1.54, 1.807) is 6.07 Å². The number of benzene rings is 1. The van der Waals surface area contributed by atoms with Crippen molar-refractivity contribution in [2.75, 3.05) is 13.1 Å². The Kier molecular flexibility index (Phi) is 8.50. The average Bonchev–Trinajstić information content (AvgIpc) is 2.39. The molecule has 3 N–H and O–H groups in total. The predicted octanol–water partition coefficient (Wildman–Crippen LogP) is 2.00. The Labute approximate surface area is 112 Å². The molecule has 0 aliphatic rings. The number of carbonyl (C=O) groups is 1. The Morgan fingerprint density at radius 3 is 2.16 bits per heavy atom. The van der Waals surface area contributed by atoms with Crippen LogP contribution in [-0.4, -0.2) is 29.3 Å². The molecule has 1 aromatic carbocycles. The van der Waals surface area contributed by atoms with Crippen LogP contribution in [0, 0.1) is 11.3 Å². The first-order chi connectivity index (χ1) is 9.04. The molecular weight excluding hydrogens is 244 g/mol. The minimum atomic E-state index is -1.26. The lowest BCUT2D eigenvalue weighted by Crippen LogP contribution is -2.09. The van der Waals surface area contributed by atoms with E-state index in [2.05, 4.69) is 19.2 Å². The van der Waals surface area contributed by atoms with Crippen LogP contribution in [0.25, 0.3) is 6.08 Å². The van der Waals surface area contributed by atoms with Crippen LogP contribution in [0.5, 0.6) is 5.75 Å². The molecule has 0 fully saturated rings. The SMILES string of the molecule is CCNCC.N#CC(=Cc1ccc(O)cc1)C(=O)O. The lowest BCUT2D eigenvalue weighted by atomic mass is 10.1. The molecule has 0 saturated carbocycles. The molecule has 19 heavy (non-hydrogen) atoms. The predicted molar refractivity (Wildman–Crippen MR) is 73.6 cm³/mol. The fraction of sp³-hybridized carbons (Fsp3) is 0.286. The number of phenolic OH excluding ortho intramolecular Hbond substituents is 1. The van der Waals surface area contributed by atoms with Crippen molar-refractivity contribution in [3.63, 3.8) is 0 Å². The summed E-state index contributed by atoms with van der Waals surface area (Å²) in [5, 5.41) is 29.1. The highest BCUT2D eigenvalue weighted by molar-refractivity contribution is 5.96. The highest BCUT2D eigenvalue weighted by Gasteiger charge is 2.04. The summed E-state index contributed by atoms with van der Waals surface area (Å²) in [4.78, 5) is 10.5. The van der Waals surface area contributed by atoms with Crippen LogP contribution in [0.1, 0.15) is 19.4 Å². The van der Waals surface area contributed by atoms with E-state index in [-0.39, 0.29) is 11.3 Å². The van der Waals surface area contributed by atoms with Gasteiger partial charge in [-0.2, -0.15) is 5.26 Å². The van der Waals surface area contributed by atoms with E-state index in [0.29, 0.717) is 5.56 Å². The smallest absolute Gasteiger partial charge is 0.346 e. The molecule has 0 aliphatic carbocycles. The van der Waals surface area contributed by atoms with E-state index in [1.165, 1.54) is 30.3 Å². The van der Waals surface area contributed by atoms with Crippen LogP contribution in [0.15, 0.2) is 29.8 Å². The number of rotatable bonds is 4. The number of nitriles is 1. The third-order valence-electron chi connectivity index (χ3n) is 2.05. The van der Waals surface area contributed by atoms with Gasteiger partial charge in [0.2, 0.25) is 0 Å². The monoisotopic (exact) mass is 262 g/mol. The molecule has 0 spiro atoms. The lowest BCUT2D eigenvalue weighted by Gasteiger charge is -1.94. The Hall–Kier alpha value is -2.32. The largest absolute Gasteiger partial charge is 0.508 e. The minimum absolute atomic E-state index is 0.0935. The summed E-state index contributed by atoms with van der Waals surface area (Å²) in [5.41, 5.74) is 0.220. The van der Waals surface area contributed by atoms with Crippen molar-refractivity contribution in [1.29, 1.82) is 5.26 Å². The van der Waals surface area contributed by atoms with Crippen LogP contribution in [0.2, 0.25) is 0 Å². The fourth-order valence-electron chi connectivity index (χ4n) is 1.13. The van der Waals surface area contributed by atoms with Crippen molar-refractivity contribution in [3.05, 3.63) is 35.4 Å². The zero-order valence-electron chi connectivity index (χ0n) is 11.1. The lowest BCUT2D eigenvalue weighted by molar-refractivity contribution is -0.132.